The van der Waals surface area contributed by atoms with Crippen LogP contribution in [0, 0.1) is 11.3 Å². The van der Waals surface area contributed by atoms with Gasteiger partial charge in [0.1, 0.15) is 0 Å². The molecule has 0 saturated heterocycles. The lowest BCUT2D eigenvalue weighted by molar-refractivity contribution is 0.237. The average Bonchev–Trinajstić information content (AvgIpc) is 2.20. The molecule has 3 heteroatoms. The second-order valence-electron chi connectivity index (χ2n) is 5.33. The van der Waals surface area contributed by atoms with Gasteiger partial charge in [0.25, 0.3) is 0 Å². The van der Waals surface area contributed by atoms with Crippen molar-refractivity contribution < 1.29 is 0 Å². The van der Waals surface area contributed by atoms with Crippen LogP contribution in [0.2, 0.25) is 0 Å². The maximum absolute atomic E-state index is 5.58. The summed E-state index contributed by atoms with van der Waals surface area (Å²) in [7, 11) is 0. The summed E-state index contributed by atoms with van der Waals surface area (Å²) < 4.78 is 0. The molecule has 0 amide bonds. The Labute approximate surface area is 98.5 Å². The van der Waals surface area contributed by atoms with Crippen LogP contribution in [0.5, 0.6) is 0 Å². The van der Waals surface area contributed by atoms with Crippen LogP contribution in [0.4, 0.5) is 5.69 Å². The lowest BCUT2D eigenvalue weighted by Gasteiger charge is -2.29. The van der Waals surface area contributed by atoms with Gasteiger partial charge in [-0.05, 0) is 23.5 Å². The number of nitrogens with two attached hydrogens (primary N) is 1. The Balaban J connectivity index is 2.39. The molecule has 3 N–H and O–H groups in total. The zero-order valence-electron chi connectivity index (χ0n) is 10.7. The van der Waals surface area contributed by atoms with Crippen molar-refractivity contribution in [2.24, 2.45) is 11.3 Å². The SMILES string of the molecule is CC(C)C(C)(C)CNCc1ccc(N)cn1. The second kappa shape index (κ2) is 5.30. The molecule has 0 atom stereocenters. The highest BCUT2D eigenvalue weighted by Crippen LogP contribution is 2.24. The number of nitrogens with zero attached hydrogens (tertiary/aromatic N) is 1. The van der Waals surface area contributed by atoms with Gasteiger partial charge >= 0.3 is 0 Å². The number of hydrogen-bond acceptors (Lipinski definition) is 3. The molecule has 0 aliphatic carbocycles. The summed E-state index contributed by atoms with van der Waals surface area (Å²) in [6.07, 6.45) is 1.70. The van der Waals surface area contributed by atoms with E-state index >= 15 is 0 Å². The van der Waals surface area contributed by atoms with Crippen LogP contribution in [0.3, 0.4) is 0 Å². The number of rotatable bonds is 5. The predicted octanol–water partition coefficient (Wildman–Crippen LogP) is 2.44. The molecule has 1 aromatic rings. The van der Waals surface area contributed by atoms with E-state index in [2.05, 4.69) is 38.0 Å². The minimum absolute atomic E-state index is 0.313. The number of nitrogens with one attached hydrogen (secondary N) is 1. The molecule has 90 valence electrons. The topological polar surface area (TPSA) is 50.9 Å². The molecule has 3 nitrogen and oxygen atoms in total. The monoisotopic (exact) mass is 221 g/mol. The van der Waals surface area contributed by atoms with Gasteiger partial charge in [-0.2, -0.15) is 0 Å². The van der Waals surface area contributed by atoms with E-state index in [1.165, 1.54) is 0 Å². The fraction of sp³-hybridized carbons (Fsp3) is 0.615. The molecule has 0 aliphatic rings. The van der Waals surface area contributed by atoms with Crippen LogP contribution in [-0.4, -0.2) is 11.5 Å². The zero-order valence-corrected chi connectivity index (χ0v) is 10.7. The summed E-state index contributed by atoms with van der Waals surface area (Å²) in [5, 5.41) is 3.44. The maximum atomic E-state index is 5.58. The lowest BCUT2D eigenvalue weighted by atomic mass is 9.81. The van der Waals surface area contributed by atoms with Crippen LogP contribution < -0.4 is 11.1 Å². The van der Waals surface area contributed by atoms with Crippen molar-refractivity contribution >= 4 is 5.69 Å². The Morgan fingerprint density at radius 3 is 2.56 bits per heavy atom. The molecular formula is C13H23N3. The molecule has 0 saturated carbocycles. The van der Waals surface area contributed by atoms with Crippen LogP contribution in [0.25, 0.3) is 0 Å². The number of aromatic nitrogens is 1. The van der Waals surface area contributed by atoms with E-state index in [1.54, 1.807) is 6.20 Å². The van der Waals surface area contributed by atoms with E-state index in [9.17, 15) is 0 Å². The van der Waals surface area contributed by atoms with Gasteiger partial charge in [0.2, 0.25) is 0 Å². The quantitative estimate of drug-likeness (QED) is 0.803. The largest absolute Gasteiger partial charge is 0.397 e. The highest BCUT2D eigenvalue weighted by molar-refractivity contribution is 5.34. The first-order chi connectivity index (χ1) is 7.42. The van der Waals surface area contributed by atoms with Crippen molar-refractivity contribution in [3.63, 3.8) is 0 Å². The van der Waals surface area contributed by atoms with Gasteiger partial charge in [0, 0.05) is 13.1 Å². The van der Waals surface area contributed by atoms with Crippen LogP contribution >= 0.6 is 0 Å². The Morgan fingerprint density at radius 2 is 2.06 bits per heavy atom. The maximum Gasteiger partial charge on any atom is 0.0543 e. The fourth-order valence-electron chi connectivity index (χ4n) is 1.26. The van der Waals surface area contributed by atoms with Gasteiger partial charge in [-0.3, -0.25) is 4.98 Å². The molecule has 1 heterocycles. The highest BCUT2D eigenvalue weighted by atomic mass is 14.9. The molecule has 16 heavy (non-hydrogen) atoms. The third kappa shape index (κ3) is 3.81. The van der Waals surface area contributed by atoms with Gasteiger partial charge in [-0.15, -0.1) is 0 Å². The van der Waals surface area contributed by atoms with E-state index in [-0.39, 0.29) is 0 Å². The number of anilines is 1. The first-order valence-corrected chi connectivity index (χ1v) is 5.83. The first-order valence-electron chi connectivity index (χ1n) is 5.83. The average molecular weight is 221 g/mol. The van der Waals surface area contributed by atoms with Gasteiger partial charge in [0.15, 0.2) is 0 Å². The third-order valence-corrected chi connectivity index (χ3v) is 3.30. The van der Waals surface area contributed by atoms with Crippen molar-refractivity contribution in [2.75, 3.05) is 12.3 Å². The van der Waals surface area contributed by atoms with E-state index in [4.69, 9.17) is 5.73 Å². The number of nitrogen functional groups attached to an aromatic ring is 1. The third-order valence-electron chi connectivity index (χ3n) is 3.30. The zero-order chi connectivity index (χ0) is 12.2. The Morgan fingerprint density at radius 1 is 1.38 bits per heavy atom. The van der Waals surface area contributed by atoms with Crippen molar-refractivity contribution in [1.82, 2.24) is 10.3 Å². The normalized spacial score (nSPS) is 12.1. The molecule has 1 rings (SSSR count). The minimum atomic E-state index is 0.313. The number of pyridine rings is 1. The minimum Gasteiger partial charge on any atom is -0.397 e. The summed E-state index contributed by atoms with van der Waals surface area (Å²) in [6.45, 7) is 10.9. The first kappa shape index (κ1) is 13.0. The molecule has 0 radical (unpaired) electrons. The van der Waals surface area contributed by atoms with Crippen molar-refractivity contribution in [3.05, 3.63) is 24.0 Å². The Bertz CT molecular complexity index is 314. The van der Waals surface area contributed by atoms with E-state index in [1.807, 2.05) is 12.1 Å². The molecule has 0 aromatic carbocycles. The van der Waals surface area contributed by atoms with E-state index in [0.717, 1.165) is 18.8 Å². The summed E-state index contributed by atoms with van der Waals surface area (Å²) in [6, 6.07) is 3.85. The van der Waals surface area contributed by atoms with Crippen molar-refractivity contribution in [3.8, 4) is 0 Å². The predicted molar refractivity (Wildman–Crippen MR) is 69.0 cm³/mol. The number of hydrogen-bond donors (Lipinski definition) is 2. The Kier molecular flexibility index (Phi) is 4.30. The lowest BCUT2D eigenvalue weighted by Crippen LogP contribution is -2.33. The molecule has 0 spiro atoms. The molecule has 0 aliphatic heterocycles. The fourth-order valence-corrected chi connectivity index (χ4v) is 1.26. The van der Waals surface area contributed by atoms with Gasteiger partial charge < -0.3 is 11.1 Å². The summed E-state index contributed by atoms with van der Waals surface area (Å²) >= 11 is 0. The van der Waals surface area contributed by atoms with Gasteiger partial charge in [-0.1, -0.05) is 27.7 Å². The summed E-state index contributed by atoms with van der Waals surface area (Å²) in [5.41, 5.74) is 7.64. The summed E-state index contributed by atoms with van der Waals surface area (Å²) in [5.74, 6) is 0.666. The molecule has 0 bridgehead atoms. The Hall–Kier alpha value is -1.09. The van der Waals surface area contributed by atoms with Gasteiger partial charge in [0.05, 0.1) is 17.6 Å². The van der Waals surface area contributed by atoms with E-state index in [0.29, 0.717) is 17.0 Å². The molecular weight excluding hydrogens is 198 g/mol. The smallest absolute Gasteiger partial charge is 0.0543 e. The van der Waals surface area contributed by atoms with Crippen molar-refractivity contribution in [1.29, 1.82) is 0 Å². The van der Waals surface area contributed by atoms with Crippen LogP contribution in [-0.2, 0) is 6.54 Å². The van der Waals surface area contributed by atoms with E-state index < -0.39 is 0 Å². The molecule has 0 unspecified atom stereocenters. The standard InChI is InChI=1S/C13H23N3/c1-10(2)13(3,4)9-15-8-12-6-5-11(14)7-16-12/h5-7,10,15H,8-9,14H2,1-4H3. The highest BCUT2D eigenvalue weighted by Gasteiger charge is 2.21. The molecule has 0 fully saturated rings. The van der Waals surface area contributed by atoms with Crippen molar-refractivity contribution in [2.45, 2.75) is 34.2 Å². The summed E-state index contributed by atoms with van der Waals surface area (Å²) in [4.78, 5) is 4.26. The van der Waals surface area contributed by atoms with Crippen LogP contribution in [0.1, 0.15) is 33.4 Å². The molecule has 1 aromatic heterocycles. The second-order valence-corrected chi connectivity index (χ2v) is 5.33. The van der Waals surface area contributed by atoms with Crippen LogP contribution in [0.15, 0.2) is 18.3 Å². The van der Waals surface area contributed by atoms with Gasteiger partial charge in [-0.25, -0.2) is 0 Å².